The second-order valence-electron chi connectivity index (χ2n) is 10.6. The number of aryl methyl sites for hydroxylation is 1. The van der Waals surface area contributed by atoms with Crippen LogP contribution in [0.3, 0.4) is 0 Å². The van der Waals surface area contributed by atoms with Crippen molar-refractivity contribution in [3.8, 4) is 11.1 Å². The van der Waals surface area contributed by atoms with E-state index in [1.165, 1.54) is 12.1 Å². The average molecular weight is 538 g/mol. The number of carbonyl (C=O) groups excluding carboxylic acids is 2. The van der Waals surface area contributed by atoms with E-state index in [4.69, 9.17) is 9.52 Å². The zero-order valence-electron chi connectivity index (χ0n) is 22.5. The van der Waals surface area contributed by atoms with Gasteiger partial charge in [-0.25, -0.2) is 14.4 Å². The van der Waals surface area contributed by atoms with Crippen LogP contribution in [0.15, 0.2) is 76.9 Å². The van der Waals surface area contributed by atoms with Crippen LogP contribution in [0.25, 0.3) is 11.1 Å². The number of Topliss-reactive ketones (excluding diaryl/α,β-unsaturated/α-hetero) is 1. The van der Waals surface area contributed by atoms with Crippen molar-refractivity contribution in [2.24, 2.45) is 4.99 Å². The van der Waals surface area contributed by atoms with Crippen LogP contribution >= 0.6 is 0 Å². The number of ketones is 1. The van der Waals surface area contributed by atoms with Crippen LogP contribution in [0.2, 0.25) is 0 Å². The molecule has 1 amide bonds. The number of hydrogen-bond donors (Lipinski definition) is 1. The van der Waals surface area contributed by atoms with Crippen LogP contribution < -0.4 is 5.32 Å². The number of pyridine rings is 1. The predicted octanol–water partition coefficient (Wildman–Crippen LogP) is 6.19. The quantitative estimate of drug-likeness (QED) is 0.212. The Morgan fingerprint density at radius 1 is 1.12 bits per heavy atom. The van der Waals surface area contributed by atoms with Crippen LogP contribution in [0, 0.1) is 5.82 Å². The molecule has 1 N–H and O–H groups in total. The minimum Gasteiger partial charge on any atom is -0.331 e. The highest BCUT2D eigenvalue weighted by atomic mass is 19.1. The van der Waals surface area contributed by atoms with E-state index in [1.807, 2.05) is 51.1 Å². The lowest BCUT2D eigenvalue weighted by molar-refractivity contribution is -0.111. The van der Waals surface area contributed by atoms with E-state index < -0.39 is 5.82 Å². The van der Waals surface area contributed by atoms with Crippen LogP contribution in [-0.4, -0.2) is 32.5 Å². The second-order valence-corrected chi connectivity index (χ2v) is 10.6. The highest BCUT2D eigenvalue weighted by Crippen LogP contribution is 2.36. The molecule has 4 aromatic rings. The van der Waals surface area contributed by atoms with Gasteiger partial charge in [-0.15, -0.1) is 0 Å². The molecule has 0 saturated heterocycles. The number of hydrogen-bond acceptors (Lipinski definition) is 7. The van der Waals surface area contributed by atoms with Crippen LogP contribution in [-0.2, 0) is 23.1 Å². The predicted molar refractivity (Wildman–Crippen MR) is 150 cm³/mol. The van der Waals surface area contributed by atoms with Gasteiger partial charge in [-0.3, -0.25) is 9.59 Å². The molecule has 40 heavy (non-hydrogen) atoms. The third-order valence-corrected chi connectivity index (χ3v) is 6.59. The first-order chi connectivity index (χ1) is 19.1. The molecule has 1 aliphatic heterocycles. The molecule has 0 unspecified atom stereocenters. The maximum Gasteiger partial charge on any atom is 0.294 e. The van der Waals surface area contributed by atoms with Gasteiger partial charge in [0.2, 0.25) is 11.7 Å². The van der Waals surface area contributed by atoms with Gasteiger partial charge in [-0.2, -0.15) is 4.98 Å². The summed E-state index contributed by atoms with van der Waals surface area (Å²) >= 11 is 0. The molecule has 0 aliphatic carbocycles. The number of fused-ring (bicyclic) bond motifs is 1. The summed E-state index contributed by atoms with van der Waals surface area (Å²) in [4.78, 5) is 37.6. The first-order valence-corrected chi connectivity index (χ1v) is 12.9. The summed E-state index contributed by atoms with van der Waals surface area (Å²) in [6.45, 7) is 9.26. The molecular weight excluding hydrogens is 509 g/mol. The maximum atomic E-state index is 15.2. The topological polar surface area (TPSA) is 110 Å². The van der Waals surface area contributed by atoms with E-state index in [9.17, 15) is 9.59 Å². The summed E-state index contributed by atoms with van der Waals surface area (Å²) in [6, 6.07) is 14.3. The van der Waals surface area contributed by atoms with Gasteiger partial charge in [0.25, 0.3) is 5.89 Å². The first-order valence-electron chi connectivity index (χ1n) is 12.9. The van der Waals surface area contributed by atoms with Crippen LogP contribution in [0.5, 0.6) is 0 Å². The van der Waals surface area contributed by atoms with Gasteiger partial charge in [0.05, 0.1) is 5.71 Å². The number of carbonyl (C=O) groups is 2. The minimum atomic E-state index is -0.401. The van der Waals surface area contributed by atoms with Crippen molar-refractivity contribution in [2.45, 2.75) is 45.4 Å². The largest absolute Gasteiger partial charge is 0.331 e. The van der Waals surface area contributed by atoms with E-state index in [2.05, 4.69) is 27.0 Å². The Hall–Kier alpha value is -4.79. The molecule has 3 heterocycles. The highest BCUT2D eigenvalue weighted by molar-refractivity contribution is 6.08. The number of nitrogens with zero attached hydrogens (tertiary/aromatic N) is 4. The molecule has 2 aromatic carbocycles. The Kier molecular flexibility index (Phi) is 7.21. The van der Waals surface area contributed by atoms with Crippen molar-refractivity contribution in [3.05, 3.63) is 102 Å². The lowest BCUT2D eigenvalue weighted by Gasteiger charge is -2.10. The van der Waals surface area contributed by atoms with Gasteiger partial charge in [-0.1, -0.05) is 56.8 Å². The molecule has 0 saturated carbocycles. The number of aliphatic imine (C=N–C) groups is 1. The number of nitrogens with one attached hydrogen (secondary N) is 1. The lowest BCUT2D eigenvalue weighted by atomic mass is 9.95. The fourth-order valence-electron chi connectivity index (χ4n) is 4.41. The van der Waals surface area contributed by atoms with Gasteiger partial charge in [0.1, 0.15) is 5.82 Å². The fourth-order valence-corrected chi connectivity index (χ4v) is 4.41. The summed E-state index contributed by atoms with van der Waals surface area (Å²) in [5, 5.41) is 6.64. The zero-order valence-corrected chi connectivity index (χ0v) is 22.5. The summed E-state index contributed by atoms with van der Waals surface area (Å²) in [5.41, 5.74) is 4.81. The van der Waals surface area contributed by atoms with Crippen LogP contribution in [0.4, 0.5) is 15.9 Å². The van der Waals surface area contributed by atoms with Gasteiger partial charge < -0.3 is 9.84 Å². The molecular formula is C31H28FN5O3. The number of aromatic nitrogens is 3. The summed E-state index contributed by atoms with van der Waals surface area (Å²) in [6.07, 6.45) is 3.64. The monoisotopic (exact) mass is 537 g/mol. The number of amides is 1. The average Bonchev–Trinajstić information content (AvgIpc) is 3.60. The van der Waals surface area contributed by atoms with Crippen molar-refractivity contribution in [1.82, 2.24) is 15.1 Å². The fraction of sp³-hybridized carbons (Fsp3) is 0.226. The SMILES string of the molecule is C=CC(=O)Nc1cccc(C2=Nc3nccc(-c4ccc(CCC(=O)c5nc(C(C)(C)C)no5)c(F)c4)c3C2)c1. The molecule has 8 nitrogen and oxygen atoms in total. The molecule has 0 spiro atoms. The van der Waals surface area contributed by atoms with E-state index in [-0.39, 0.29) is 35.8 Å². The van der Waals surface area contributed by atoms with Crippen molar-refractivity contribution in [1.29, 1.82) is 0 Å². The van der Waals surface area contributed by atoms with Crippen molar-refractivity contribution in [3.63, 3.8) is 0 Å². The number of benzene rings is 2. The molecule has 0 radical (unpaired) electrons. The summed E-state index contributed by atoms with van der Waals surface area (Å²) in [5.74, 6) is -0.0405. The summed E-state index contributed by atoms with van der Waals surface area (Å²) < 4.78 is 20.3. The van der Waals surface area contributed by atoms with E-state index >= 15 is 4.39 Å². The third-order valence-electron chi connectivity index (χ3n) is 6.59. The normalized spacial score (nSPS) is 12.6. The molecule has 9 heteroatoms. The number of rotatable bonds is 8. The molecule has 2 aromatic heterocycles. The number of halogens is 1. The second kappa shape index (κ2) is 10.8. The first kappa shape index (κ1) is 26.8. The molecule has 5 rings (SSSR count). The van der Waals surface area contributed by atoms with Crippen molar-refractivity contribution >= 4 is 28.9 Å². The Labute approximate surface area is 231 Å². The van der Waals surface area contributed by atoms with Gasteiger partial charge in [0, 0.05) is 35.7 Å². The maximum absolute atomic E-state index is 15.2. The molecule has 202 valence electrons. The lowest BCUT2D eigenvalue weighted by Crippen LogP contribution is -2.13. The number of anilines is 1. The van der Waals surface area contributed by atoms with Crippen molar-refractivity contribution in [2.75, 3.05) is 5.32 Å². The standard InChI is InChI=1S/C31H28FN5O3/c1-5-27(39)34-21-8-6-7-20(15-21)25-17-23-22(13-14-33-28(23)35-25)19-10-9-18(24(32)16-19)11-12-26(38)29-36-30(37-40-29)31(2,3)4/h5-10,13-16H,1,11-12,17H2,2-4H3,(H,34,39). The minimum absolute atomic E-state index is 0.0518. The Morgan fingerprint density at radius 2 is 1.95 bits per heavy atom. The van der Waals surface area contributed by atoms with Gasteiger partial charge in [-0.05, 0) is 59.0 Å². The zero-order chi connectivity index (χ0) is 28.4. The third kappa shape index (κ3) is 5.63. The highest BCUT2D eigenvalue weighted by Gasteiger charge is 2.24. The smallest absolute Gasteiger partial charge is 0.294 e. The van der Waals surface area contributed by atoms with Gasteiger partial charge in [0.15, 0.2) is 11.6 Å². The molecule has 0 fully saturated rings. The molecule has 0 atom stereocenters. The Bertz CT molecular complexity index is 1670. The Morgan fingerprint density at radius 3 is 2.67 bits per heavy atom. The Balaban J connectivity index is 1.30. The van der Waals surface area contributed by atoms with Crippen molar-refractivity contribution < 1.29 is 18.5 Å². The van der Waals surface area contributed by atoms with Crippen LogP contribution in [0.1, 0.15) is 60.4 Å². The van der Waals surface area contributed by atoms with E-state index in [0.29, 0.717) is 34.9 Å². The molecule has 0 bridgehead atoms. The van der Waals surface area contributed by atoms with E-state index in [0.717, 1.165) is 22.4 Å². The van der Waals surface area contributed by atoms with E-state index in [1.54, 1.807) is 18.3 Å². The summed E-state index contributed by atoms with van der Waals surface area (Å²) in [7, 11) is 0. The molecule has 1 aliphatic rings. The van der Waals surface area contributed by atoms with Gasteiger partial charge >= 0.3 is 0 Å².